The van der Waals surface area contributed by atoms with Crippen molar-refractivity contribution < 1.29 is 14.3 Å². The summed E-state index contributed by atoms with van der Waals surface area (Å²) in [7, 11) is 0. The smallest absolute Gasteiger partial charge is 0.404 e. The molecule has 0 saturated carbocycles. The molecule has 0 atom stereocenters. The number of hydrogen-bond donors (Lipinski definition) is 1. The van der Waals surface area contributed by atoms with Gasteiger partial charge in [-0.2, -0.15) is 0 Å². The highest BCUT2D eigenvalue weighted by Crippen LogP contribution is 2.25. The molecule has 0 aromatic heterocycles. The quantitative estimate of drug-likeness (QED) is 0.844. The standard InChI is InChI=1S/C12H15NO3/c13-12(14)16-7-5-9-3-4-10-2-1-6-15-11(10)8-9/h3-4,8H,1-2,5-7H2,(H2,13,14). The summed E-state index contributed by atoms with van der Waals surface area (Å²) in [5, 5.41) is 0. The van der Waals surface area contributed by atoms with E-state index in [4.69, 9.17) is 10.5 Å². The van der Waals surface area contributed by atoms with Gasteiger partial charge < -0.3 is 15.2 Å². The highest BCUT2D eigenvalue weighted by Gasteiger charge is 2.10. The molecule has 0 saturated heterocycles. The molecule has 86 valence electrons. The van der Waals surface area contributed by atoms with E-state index in [0.29, 0.717) is 13.0 Å². The van der Waals surface area contributed by atoms with Gasteiger partial charge in [-0.3, -0.25) is 0 Å². The van der Waals surface area contributed by atoms with Crippen LogP contribution in [0.3, 0.4) is 0 Å². The summed E-state index contributed by atoms with van der Waals surface area (Å²) in [5.41, 5.74) is 7.24. The average Bonchev–Trinajstić information content (AvgIpc) is 2.28. The SMILES string of the molecule is NC(=O)OCCc1ccc2c(c1)OCCC2. The van der Waals surface area contributed by atoms with Crippen molar-refractivity contribution in [2.45, 2.75) is 19.3 Å². The number of hydrogen-bond acceptors (Lipinski definition) is 3. The molecule has 16 heavy (non-hydrogen) atoms. The number of rotatable bonds is 3. The molecule has 0 spiro atoms. The number of benzene rings is 1. The van der Waals surface area contributed by atoms with E-state index in [0.717, 1.165) is 30.8 Å². The molecule has 0 bridgehead atoms. The van der Waals surface area contributed by atoms with Gasteiger partial charge in [-0.15, -0.1) is 0 Å². The van der Waals surface area contributed by atoms with Crippen LogP contribution < -0.4 is 10.5 Å². The maximum absolute atomic E-state index is 10.4. The third-order valence-electron chi connectivity index (χ3n) is 2.61. The van der Waals surface area contributed by atoms with Crippen molar-refractivity contribution >= 4 is 6.09 Å². The summed E-state index contributed by atoms with van der Waals surface area (Å²) >= 11 is 0. The second-order valence-electron chi connectivity index (χ2n) is 3.81. The average molecular weight is 221 g/mol. The van der Waals surface area contributed by atoms with Crippen molar-refractivity contribution in [1.29, 1.82) is 0 Å². The van der Waals surface area contributed by atoms with Gasteiger partial charge in [0.25, 0.3) is 0 Å². The Morgan fingerprint density at radius 1 is 1.50 bits per heavy atom. The fourth-order valence-electron chi connectivity index (χ4n) is 1.81. The number of nitrogens with two attached hydrogens (primary N) is 1. The highest BCUT2D eigenvalue weighted by molar-refractivity contribution is 5.64. The zero-order valence-corrected chi connectivity index (χ0v) is 9.07. The fraction of sp³-hybridized carbons (Fsp3) is 0.417. The van der Waals surface area contributed by atoms with Crippen LogP contribution in [-0.2, 0) is 17.6 Å². The first-order chi connectivity index (χ1) is 7.75. The molecule has 0 aliphatic carbocycles. The van der Waals surface area contributed by atoms with E-state index < -0.39 is 6.09 Å². The molecule has 2 rings (SSSR count). The van der Waals surface area contributed by atoms with E-state index in [9.17, 15) is 4.79 Å². The second-order valence-corrected chi connectivity index (χ2v) is 3.81. The predicted octanol–water partition coefficient (Wildman–Crippen LogP) is 1.65. The van der Waals surface area contributed by atoms with Gasteiger partial charge in [-0.05, 0) is 30.0 Å². The van der Waals surface area contributed by atoms with Crippen LogP contribution in [0.25, 0.3) is 0 Å². The fourth-order valence-corrected chi connectivity index (χ4v) is 1.81. The Bertz CT molecular complexity index is 390. The van der Waals surface area contributed by atoms with Gasteiger partial charge in [0.2, 0.25) is 0 Å². The topological polar surface area (TPSA) is 61.6 Å². The van der Waals surface area contributed by atoms with Gasteiger partial charge >= 0.3 is 6.09 Å². The Labute approximate surface area is 94.3 Å². The predicted molar refractivity (Wildman–Crippen MR) is 59.5 cm³/mol. The van der Waals surface area contributed by atoms with Crippen molar-refractivity contribution in [2.24, 2.45) is 5.73 Å². The van der Waals surface area contributed by atoms with Crippen LogP contribution in [0, 0.1) is 0 Å². The first-order valence-corrected chi connectivity index (χ1v) is 5.42. The van der Waals surface area contributed by atoms with Crippen molar-refractivity contribution in [2.75, 3.05) is 13.2 Å². The molecule has 4 nitrogen and oxygen atoms in total. The zero-order chi connectivity index (χ0) is 11.4. The maximum atomic E-state index is 10.4. The number of fused-ring (bicyclic) bond motifs is 1. The van der Waals surface area contributed by atoms with Crippen molar-refractivity contribution in [3.05, 3.63) is 29.3 Å². The molecule has 1 aliphatic heterocycles. The molecule has 1 amide bonds. The number of amides is 1. The van der Waals surface area contributed by atoms with Gasteiger partial charge in [0, 0.05) is 6.42 Å². The summed E-state index contributed by atoms with van der Waals surface area (Å²) in [4.78, 5) is 10.4. The van der Waals surface area contributed by atoms with Crippen molar-refractivity contribution in [3.8, 4) is 5.75 Å². The third-order valence-corrected chi connectivity index (χ3v) is 2.61. The maximum Gasteiger partial charge on any atom is 0.404 e. The van der Waals surface area contributed by atoms with Crippen LogP contribution in [-0.4, -0.2) is 19.3 Å². The number of aryl methyl sites for hydroxylation is 1. The minimum atomic E-state index is -0.728. The molecule has 4 heteroatoms. The van der Waals surface area contributed by atoms with Crippen LogP contribution in [0.1, 0.15) is 17.5 Å². The molecule has 1 aliphatic rings. The van der Waals surface area contributed by atoms with Crippen LogP contribution in [0.5, 0.6) is 5.75 Å². The lowest BCUT2D eigenvalue weighted by Crippen LogP contribution is -2.15. The van der Waals surface area contributed by atoms with Crippen molar-refractivity contribution in [1.82, 2.24) is 0 Å². The largest absolute Gasteiger partial charge is 0.493 e. The molecule has 1 aromatic carbocycles. The Balaban J connectivity index is 1.97. The van der Waals surface area contributed by atoms with Crippen LogP contribution in [0.4, 0.5) is 4.79 Å². The third kappa shape index (κ3) is 2.66. The van der Waals surface area contributed by atoms with Crippen molar-refractivity contribution in [3.63, 3.8) is 0 Å². The second kappa shape index (κ2) is 4.88. The number of carbonyl (C=O) groups is 1. The summed E-state index contributed by atoms with van der Waals surface area (Å²) in [5.74, 6) is 0.961. The molecular formula is C12H15NO3. The monoisotopic (exact) mass is 221 g/mol. The minimum Gasteiger partial charge on any atom is -0.493 e. The normalized spacial score (nSPS) is 13.8. The molecule has 1 heterocycles. The number of ether oxygens (including phenoxy) is 2. The Morgan fingerprint density at radius 2 is 2.38 bits per heavy atom. The minimum absolute atomic E-state index is 0.314. The summed E-state index contributed by atoms with van der Waals surface area (Å²) in [6.07, 6.45) is 2.10. The molecule has 1 aromatic rings. The lowest BCUT2D eigenvalue weighted by molar-refractivity contribution is 0.158. The van der Waals surface area contributed by atoms with E-state index in [1.165, 1.54) is 5.56 Å². The molecule has 0 fully saturated rings. The first-order valence-electron chi connectivity index (χ1n) is 5.42. The van der Waals surface area contributed by atoms with Gasteiger partial charge in [0.05, 0.1) is 13.2 Å². The summed E-state index contributed by atoms with van der Waals surface area (Å²) in [6.45, 7) is 1.10. The van der Waals surface area contributed by atoms with E-state index in [2.05, 4.69) is 10.8 Å². The lowest BCUT2D eigenvalue weighted by atomic mass is 10.0. The summed E-state index contributed by atoms with van der Waals surface area (Å²) < 4.78 is 10.2. The lowest BCUT2D eigenvalue weighted by Gasteiger charge is -2.17. The van der Waals surface area contributed by atoms with Gasteiger partial charge in [-0.1, -0.05) is 12.1 Å². The molecule has 0 radical (unpaired) electrons. The van der Waals surface area contributed by atoms with Gasteiger partial charge in [-0.25, -0.2) is 4.79 Å². The Kier molecular flexibility index (Phi) is 3.29. The van der Waals surface area contributed by atoms with E-state index in [1.807, 2.05) is 12.1 Å². The Hall–Kier alpha value is -1.71. The van der Waals surface area contributed by atoms with Crippen LogP contribution in [0.2, 0.25) is 0 Å². The highest BCUT2D eigenvalue weighted by atomic mass is 16.5. The number of carbonyl (C=O) groups excluding carboxylic acids is 1. The first kappa shape index (κ1) is 10.8. The van der Waals surface area contributed by atoms with Gasteiger partial charge in [0.15, 0.2) is 0 Å². The molecule has 0 unspecified atom stereocenters. The zero-order valence-electron chi connectivity index (χ0n) is 9.07. The van der Waals surface area contributed by atoms with Crippen LogP contribution >= 0.6 is 0 Å². The molecule has 2 N–H and O–H groups in total. The Morgan fingerprint density at radius 3 is 3.19 bits per heavy atom. The summed E-state index contributed by atoms with van der Waals surface area (Å²) in [6, 6.07) is 6.13. The number of primary amides is 1. The van der Waals surface area contributed by atoms with E-state index in [-0.39, 0.29) is 0 Å². The molecular weight excluding hydrogens is 206 g/mol. The van der Waals surface area contributed by atoms with Gasteiger partial charge in [0.1, 0.15) is 5.75 Å². The van der Waals surface area contributed by atoms with E-state index >= 15 is 0 Å². The van der Waals surface area contributed by atoms with Crippen LogP contribution in [0.15, 0.2) is 18.2 Å². The van der Waals surface area contributed by atoms with E-state index in [1.54, 1.807) is 0 Å².